The number of thioether (sulfide) groups is 1. The van der Waals surface area contributed by atoms with E-state index in [1.807, 2.05) is 36.4 Å². The predicted molar refractivity (Wildman–Crippen MR) is 194 cm³/mol. The number of carbonyl (C=O) groups is 4. The SMILES string of the molecule is CC(=O)c1ccc(NC(=O)C(Sc2cccc(NC(=O)/C(=C\c3cccc(Cl)c3Cl)NC(=O)c3ccccc3)c2)c2ccccc2)cc1. The first-order chi connectivity index (χ1) is 23.2. The zero-order chi connectivity index (χ0) is 34.0. The van der Waals surface area contributed by atoms with Crippen LogP contribution in [0, 0.1) is 0 Å². The number of anilines is 2. The Morgan fingerprint density at radius 3 is 2.04 bits per heavy atom. The van der Waals surface area contributed by atoms with E-state index in [0.717, 1.165) is 5.56 Å². The fraction of sp³-hybridized carbons (Fsp3) is 0.0526. The summed E-state index contributed by atoms with van der Waals surface area (Å²) in [5, 5.41) is 8.38. The van der Waals surface area contributed by atoms with Gasteiger partial charge in [-0.15, -0.1) is 11.8 Å². The number of halogens is 2. The molecule has 0 spiro atoms. The summed E-state index contributed by atoms with van der Waals surface area (Å²) in [6.45, 7) is 1.49. The number of benzene rings is 5. The van der Waals surface area contributed by atoms with Gasteiger partial charge in [-0.1, -0.05) is 89.9 Å². The minimum absolute atomic E-state index is 0.0524. The van der Waals surface area contributed by atoms with Crippen molar-refractivity contribution in [3.8, 4) is 0 Å². The smallest absolute Gasteiger partial charge is 0.272 e. The van der Waals surface area contributed by atoms with Crippen LogP contribution in [-0.2, 0) is 9.59 Å². The molecule has 7 nitrogen and oxygen atoms in total. The fourth-order valence-corrected chi connectivity index (χ4v) is 6.05. The number of hydrogen-bond acceptors (Lipinski definition) is 5. The van der Waals surface area contributed by atoms with Crippen molar-refractivity contribution in [3.63, 3.8) is 0 Å². The summed E-state index contributed by atoms with van der Waals surface area (Å²) in [5.74, 6) is -1.40. The molecule has 0 fully saturated rings. The van der Waals surface area contributed by atoms with Gasteiger partial charge in [0.25, 0.3) is 11.8 Å². The summed E-state index contributed by atoms with van der Waals surface area (Å²) in [6.07, 6.45) is 1.46. The average Bonchev–Trinajstić information content (AvgIpc) is 3.10. The highest BCUT2D eigenvalue weighted by atomic mass is 35.5. The van der Waals surface area contributed by atoms with Gasteiger partial charge in [-0.3, -0.25) is 19.2 Å². The molecule has 0 saturated carbocycles. The Kier molecular flexibility index (Phi) is 11.5. The van der Waals surface area contributed by atoms with Crippen molar-refractivity contribution in [1.29, 1.82) is 0 Å². The molecular formula is C38H29Cl2N3O4S. The predicted octanol–water partition coefficient (Wildman–Crippen LogP) is 9.08. The number of carbonyl (C=O) groups excluding carboxylic acids is 4. The quantitative estimate of drug-likeness (QED) is 0.0727. The fourth-order valence-electron chi connectivity index (χ4n) is 4.61. The highest BCUT2D eigenvalue weighted by Crippen LogP contribution is 2.37. The van der Waals surface area contributed by atoms with Gasteiger partial charge in [0.15, 0.2) is 5.78 Å². The van der Waals surface area contributed by atoms with Gasteiger partial charge >= 0.3 is 0 Å². The Morgan fingerprint density at radius 1 is 0.688 bits per heavy atom. The van der Waals surface area contributed by atoms with Crippen LogP contribution in [0.1, 0.15) is 44.0 Å². The second-order valence-corrected chi connectivity index (χ2v) is 12.5. The van der Waals surface area contributed by atoms with Crippen molar-refractivity contribution in [2.24, 2.45) is 0 Å². The molecule has 0 aliphatic heterocycles. The molecule has 5 aromatic rings. The van der Waals surface area contributed by atoms with Gasteiger partial charge in [0, 0.05) is 27.4 Å². The second kappa shape index (κ2) is 16.1. The third-order valence-corrected chi connectivity index (χ3v) is 9.14. The summed E-state index contributed by atoms with van der Waals surface area (Å²) >= 11 is 13.9. The summed E-state index contributed by atoms with van der Waals surface area (Å²) in [4.78, 5) is 52.7. The van der Waals surface area contributed by atoms with E-state index in [0.29, 0.717) is 38.0 Å². The lowest BCUT2D eigenvalue weighted by molar-refractivity contribution is -0.116. The van der Waals surface area contributed by atoms with Crippen LogP contribution in [-0.4, -0.2) is 23.5 Å². The molecule has 0 heterocycles. The van der Waals surface area contributed by atoms with Crippen LogP contribution in [0.5, 0.6) is 0 Å². The van der Waals surface area contributed by atoms with Crippen molar-refractivity contribution < 1.29 is 19.2 Å². The monoisotopic (exact) mass is 693 g/mol. The maximum Gasteiger partial charge on any atom is 0.272 e. The largest absolute Gasteiger partial charge is 0.325 e. The third-order valence-electron chi connectivity index (χ3n) is 7.06. The number of hydrogen-bond donors (Lipinski definition) is 3. The molecule has 5 rings (SSSR count). The Balaban J connectivity index is 1.38. The van der Waals surface area contributed by atoms with Gasteiger partial charge in [-0.2, -0.15) is 0 Å². The van der Waals surface area contributed by atoms with E-state index in [2.05, 4.69) is 16.0 Å². The van der Waals surface area contributed by atoms with Crippen LogP contribution < -0.4 is 16.0 Å². The molecule has 48 heavy (non-hydrogen) atoms. The van der Waals surface area contributed by atoms with Crippen LogP contribution in [0.15, 0.2) is 138 Å². The minimum atomic E-state index is -0.643. The number of ketones is 1. The van der Waals surface area contributed by atoms with E-state index in [1.165, 1.54) is 24.8 Å². The van der Waals surface area contributed by atoms with E-state index < -0.39 is 17.1 Å². The van der Waals surface area contributed by atoms with Crippen LogP contribution >= 0.6 is 35.0 Å². The normalized spacial score (nSPS) is 11.7. The molecule has 0 aliphatic carbocycles. The minimum Gasteiger partial charge on any atom is -0.325 e. The lowest BCUT2D eigenvalue weighted by Gasteiger charge is -2.18. The number of nitrogens with one attached hydrogen (secondary N) is 3. The van der Waals surface area contributed by atoms with Crippen molar-refractivity contribution in [3.05, 3.63) is 165 Å². The molecule has 0 bridgehead atoms. The molecule has 3 N–H and O–H groups in total. The molecule has 10 heteroatoms. The first-order valence-electron chi connectivity index (χ1n) is 14.7. The van der Waals surface area contributed by atoms with Crippen LogP contribution in [0.2, 0.25) is 10.0 Å². The average molecular weight is 695 g/mol. The van der Waals surface area contributed by atoms with E-state index >= 15 is 0 Å². The van der Waals surface area contributed by atoms with Crippen molar-refractivity contribution >= 4 is 75.9 Å². The summed E-state index contributed by atoms with van der Waals surface area (Å²) < 4.78 is 0. The molecule has 0 aliphatic rings. The van der Waals surface area contributed by atoms with E-state index in [9.17, 15) is 19.2 Å². The lowest BCUT2D eigenvalue weighted by Crippen LogP contribution is -2.30. The van der Waals surface area contributed by atoms with Crippen LogP contribution in [0.4, 0.5) is 11.4 Å². The Labute approximate surface area is 292 Å². The van der Waals surface area contributed by atoms with Gasteiger partial charge in [-0.05, 0) is 84.8 Å². The van der Waals surface area contributed by atoms with Crippen molar-refractivity contribution in [2.75, 3.05) is 10.6 Å². The molecule has 5 aromatic carbocycles. The van der Waals surface area contributed by atoms with Gasteiger partial charge < -0.3 is 16.0 Å². The topological polar surface area (TPSA) is 104 Å². The lowest BCUT2D eigenvalue weighted by atomic mass is 10.1. The molecule has 240 valence electrons. The number of amides is 3. The Hall–Kier alpha value is -5.15. The second-order valence-electron chi connectivity index (χ2n) is 10.5. The highest BCUT2D eigenvalue weighted by molar-refractivity contribution is 8.00. The standard InChI is InChI=1S/C38H29Cl2N3O4S/c1-24(44)25-18-20-29(21-19-25)41-38(47)35(26-10-4-2-5-11-26)48-31-16-9-15-30(23-31)42-37(46)33(22-28-14-8-17-32(39)34(28)40)43-36(45)27-12-6-3-7-13-27/h2-23,35H,1H3,(H,41,47)(H,42,46)(H,43,45)/b33-22+. The maximum absolute atomic E-state index is 13.7. The summed E-state index contributed by atoms with van der Waals surface area (Å²) in [7, 11) is 0. The highest BCUT2D eigenvalue weighted by Gasteiger charge is 2.23. The summed E-state index contributed by atoms with van der Waals surface area (Å²) in [6, 6.07) is 36.6. The molecule has 0 saturated heterocycles. The number of Topliss-reactive ketones (excluding diaryl/α,β-unsaturated/α-hetero) is 1. The first kappa shape index (κ1) is 34.2. The van der Waals surface area contributed by atoms with Crippen molar-refractivity contribution in [2.45, 2.75) is 17.1 Å². The van der Waals surface area contributed by atoms with E-state index in [-0.39, 0.29) is 22.4 Å². The summed E-state index contributed by atoms with van der Waals surface area (Å²) in [5.41, 5.74) is 3.09. The Bertz CT molecular complexity index is 1990. The molecule has 3 amide bonds. The third kappa shape index (κ3) is 9.01. The van der Waals surface area contributed by atoms with Gasteiger partial charge in [0.1, 0.15) is 10.9 Å². The zero-order valence-electron chi connectivity index (χ0n) is 25.6. The van der Waals surface area contributed by atoms with Gasteiger partial charge in [0.05, 0.1) is 10.0 Å². The molecule has 1 unspecified atom stereocenters. The first-order valence-corrected chi connectivity index (χ1v) is 16.4. The van der Waals surface area contributed by atoms with E-state index in [4.69, 9.17) is 23.2 Å². The Morgan fingerprint density at radius 2 is 1.35 bits per heavy atom. The maximum atomic E-state index is 13.7. The van der Waals surface area contributed by atoms with Gasteiger partial charge in [-0.25, -0.2) is 0 Å². The molecule has 0 radical (unpaired) electrons. The van der Waals surface area contributed by atoms with Crippen molar-refractivity contribution in [1.82, 2.24) is 5.32 Å². The molecule has 0 aromatic heterocycles. The van der Waals surface area contributed by atoms with Crippen LogP contribution in [0.25, 0.3) is 6.08 Å². The zero-order valence-corrected chi connectivity index (χ0v) is 27.9. The van der Waals surface area contributed by atoms with Crippen LogP contribution in [0.3, 0.4) is 0 Å². The van der Waals surface area contributed by atoms with E-state index in [1.54, 1.807) is 91.0 Å². The molecule has 1 atom stereocenters. The molecular weight excluding hydrogens is 665 g/mol. The van der Waals surface area contributed by atoms with Gasteiger partial charge in [0.2, 0.25) is 5.91 Å². The number of rotatable bonds is 11.